The number of aromatic nitrogens is 3. The minimum Gasteiger partial charge on any atom is -0.448 e. The molecule has 31 heavy (non-hydrogen) atoms. The summed E-state index contributed by atoms with van der Waals surface area (Å²) in [5.41, 5.74) is -1.02. The first-order valence-corrected chi connectivity index (χ1v) is 11.4. The van der Waals surface area contributed by atoms with E-state index in [1.807, 2.05) is 18.4 Å². The van der Waals surface area contributed by atoms with Crippen molar-refractivity contribution < 1.29 is 22.4 Å². The molecular weight excluding hydrogens is 565 g/mol. The number of anilines is 1. The molecule has 0 radical (unpaired) electrons. The monoisotopic (exact) mass is 574 g/mol. The number of halogens is 5. The van der Waals surface area contributed by atoms with Crippen molar-refractivity contribution in [3.05, 3.63) is 63.0 Å². The second kappa shape index (κ2) is 8.32. The van der Waals surface area contributed by atoms with Gasteiger partial charge in [-0.05, 0) is 68.4 Å². The van der Waals surface area contributed by atoms with Crippen LogP contribution in [0, 0.1) is 0 Å². The van der Waals surface area contributed by atoms with Gasteiger partial charge in [-0.25, -0.2) is 9.50 Å². The number of alkyl halides is 3. The molecule has 0 unspecified atom stereocenters. The molecule has 12 heteroatoms. The van der Waals surface area contributed by atoms with E-state index in [0.29, 0.717) is 14.9 Å². The van der Waals surface area contributed by atoms with Crippen LogP contribution < -0.4 is 5.32 Å². The number of furan rings is 1. The number of benzene rings is 1. The zero-order valence-corrected chi connectivity index (χ0v) is 19.5. The van der Waals surface area contributed by atoms with E-state index >= 15 is 0 Å². The van der Waals surface area contributed by atoms with Crippen molar-refractivity contribution in [2.45, 2.75) is 11.1 Å². The van der Waals surface area contributed by atoms with Crippen molar-refractivity contribution in [3.8, 4) is 11.5 Å². The Hall–Kier alpha value is -2.31. The van der Waals surface area contributed by atoms with E-state index in [9.17, 15) is 18.0 Å². The Morgan fingerprint density at radius 2 is 1.94 bits per heavy atom. The van der Waals surface area contributed by atoms with E-state index in [-0.39, 0.29) is 27.3 Å². The molecule has 6 nitrogen and oxygen atoms in total. The van der Waals surface area contributed by atoms with Gasteiger partial charge in [0.2, 0.25) is 0 Å². The average Bonchev–Trinajstić information content (AvgIpc) is 3.30. The molecule has 1 amide bonds. The summed E-state index contributed by atoms with van der Waals surface area (Å²) >= 11 is 7.74. The minimum absolute atomic E-state index is 0.0320. The Morgan fingerprint density at radius 3 is 2.58 bits per heavy atom. The highest BCUT2D eigenvalue weighted by molar-refractivity contribution is 9.10. The SMILES string of the molecule is CSc1ccccc1NC(=O)c1nn2c(C(F)(F)F)cc(-c3ccc(Br)o3)nc2c1Br. The zero-order chi connectivity index (χ0) is 22.3. The van der Waals surface area contributed by atoms with E-state index < -0.39 is 17.8 Å². The average molecular weight is 576 g/mol. The molecule has 0 aliphatic carbocycles. The Labute approximate surface area is 194 Å². The second-order valence-electron chi connectivity index (χ2n) is 6.18. The van der Waals surface area contributed by atoms with Crippen LogP contribution in [0.2, 0.25) is 0 Å². The lowest BCUT2D eigenvalue weighted by atomic mass is 10.2. The number of nitrogens with one attached hydrogen (secondary N) is 1. The number of hydrogen-bond donors (Lipinski definition) is 1. The molecule has 1 N–H and O–H groups in total. The summed E-state index contributed by atoms with van der Waals surface area (Å²) in [5, 5.41) is 6.59. The van der Waals surface area contributed by atoms with Gasteiger partial charge in [0, 0.05) is 4.90 Å². The minimum atomic E-state index is -4.75. The van der Waals surface area contributed by atoms with E-state index in [0.717, 1.165) is 11.0 Å². The molecule has 0 atom stereocenters. The highest BCUT2D eigenvalue weighted by Crippen LogP contribution is 2.35. The number of carbonyl (C=O) groups is 1. The van der Waals surface area contributed by atoms with Crippen molar-refractivity contribution >= 4 is 60.9 Å². The van der Waals surface area contributed by atoms with Gasteiger partial charge < -0.3 is 9.73 Å². The highest BCUT2D eigenvalue weighted by Gasteiger charge is 2.37. The number of nitrogens with zero attached hydrogens (tertiary/aromatic N) is 3. The molecule has 0 saturated heterocycles. The molecule has 3 aromatic heterocycles. The molecule has 160 valence electrons. The maximum absolute atomic E-state index is 13.8. The third kappa shape index (κ3) is 4.23. The van der Waals surface area contributed by atoms with Crippen LogP contribution in [-0.4, -0.2) is 26.8 Å². The van der Waals surface area contributed by atoms with Gasteiger partial charge in [0.05, 0.1) is 10.2 Å². The third-order valence-electron chi connectivity index (χ3n) is 4.22. The van der Waals surface area contributed by atoms with Crippen LogP contribution in [0.4, 0.5) is 18.9 Å². The maximum Gasteiger partial charge on any atom is 0.433 e. The summed E-state index contributed by atoms with van der Waals surface area (Å²) in [4.78, 5) is 17.9. The van der Waals surface area contributed by atoms with Gasteiger partial charge in [-0.1, -0.05) is 12.1 Å². The fourth-order valence-corrected chi connectivity index (χ4v) is 4.22. The summed E-state index contributed by atoms with van der Waals surface area (Å²) in [5.74, 6) is -0.540. The third-order valence-corrected chi connectivity index (χ3v) is 6.17. The molecule has 0 aliphatic heterocycles. The lowest BCUT2D eigenvalue weighted by molar-refractivity contribution is -0.142. The van der Waals surface area contributed by atoms with E-state index in [1.54, 1.807) is 18.2 Å². The molecule has 1 aromatic carbocycles. The van der Waals surface area contributed by atoms with Gasteiger partial charge in [0.1, 0.15) is 5.69 Å². The smallest absolute Gasteiger partial charge is 0.433 e. The van der Waals surface area contributed by atoms with E-state index in [1.165, 1.54) is 17.8 Å². The van der Waals surface area contributed by atoms with Gasteiger partial charge in [-0.15, -0.1) is 11.8 Å². The number of rotatable bonds is 4. The number of fused-ring (bicyclic) bond motifs is 1. The second-order valence-corrected chi connectivity index (χ2v) is 8.60. The molecule has 0 aliphatic rings. The largest absolute Gasteiger partial charge is 0.448 e. The Bertz CT molecular complexity index is 1300. The summed E-state index contributed by atoms with van der Waals surface area (Å²) in [6.07, 6.45) is -2.90. The fourth-order valence-electron chi connectivity index (χ4n) is 2.85. The predicted octanol–water partition coefficient (Wildman–Crippen LogP) is 6.51. The van der Waals surface area contributed by atoms with Crippen molar-refractivity contribution in [1.82, 2.24) is 14.6 Å². The van der Waals surface area contributed by atoms with Crippen LogP contribution in [-0.2, 0) is 6.18 Å². The summed E-state index contributed by atoms with van der Waals surface area (Å²) in [6.45, 7) is 0. The fraction of sp³-hybridized carbons (Fsp3) is 0.105. The van der Waals surface area contributed by atoms with E-state index in [2.05, 4.69) is 47.3 Å². The summed E-state index contributed by atoms with van der Waals surface area (Å²) < 4.78 is 47.6. The summed E-state index contributed by atoms with van der Waals surface area (Å²) in [6, 6.07) is 10.9. The number of amides is 1. The highest BCUT2D eigenvalue weighted by atomic mass is 79.9. The molecule has 4 rings (SSSR count). The molecule has 0 saturated carbocycles. The van der Waals surface area contributed by atoms with Crippen LogP contribution >= 0.6 is 43.6 Å². The molecule has 0 spiro atoms. The van der Waals surface area contributed by atoms with Crippen LogP contribution in [0.25, 0.3) is 17.1 Å². The lowest BCUT2D eigenvalue weighted by Gasteiger charge is -2.10. The van der Waals surface area contributed by atoms with Crippen LogP contribution in [0.3, 0.4) is 0 Å². The normalized spacial score (nSPS) is 11.8. The number of carbonyl (C=O) groups excluding carboxylic acids is 1. The van der Waals surface area contributed by atoms with Gasteiger partial charge in [-0.3, -0.25) is 4.79 Å². The number of hydrogen-bond acceptors (Lipinski definition) is 5. The number of thioether (sulfide) groups is 1. The van der Waals surface area contributed by atoms with Gasteiger partial charge in [0.25, 0.3) is 5.91 Å². The molecule has 0 fully saturated rings. The standard InChI is InChI=1S/C19H11Br2F3N4O2S/c1-31-12-5-3-2-4-9(12)26-18(29)16-15(21)17-25-10(11-6-7-14(20)30-11)8-13(19(22,23)24)28(17)27-16/h2-8H,1H3,(H,26,29). The van der Waals surface area contributed by atoms with Crippen molar-refractivity contribution in [3.63, 3.8) is 0 Å². The van der Waals surface area contributed by atoms with Crippen LogP contribution in [0.5, 0.6) is 0 Å². The van der Waals surface area contributed by atoms with E-state index in [4.69, 9.17) is 4.42 Å². The maximum atomic E-state index is 13.8. The predicted molar refractivity (Wildman–Crippen MR) is 117 cm³/mol. The Balaban J connectivity index is 1.84. The van der Waals surface area contributed by atoms with Crippen LogP contribution in [0.15, 0.2) is 60.9 Å². The first kappa shape index (κ1) is 21.9. The van der Waals surface area contributed by atoms with Crippen molar-refractivity contribution in [2.75, 3.05) is 11.6 Å². The molecule has 0 bridgehead atoms. The van der Waals surface area contributed by atoms with Gasteiger partial charge in [0.15, 0.2) is 27.5 Å². The number of para-hydroxylation sites is 1. The quantitative estimate of drug-likeness (QED) is 0.281. The van der Waals surface area contributed by atoms with Gasteiger partial charge >= 0.3 is 6.18 Å². The van der Waals surface area contributed by atoms with Crippen LogP contribution in [0.1, 0.15) is 16.2 Å². The molecular formula is C19H11Br2F3N4O2S. The molecule has 4 aromatic rings. The Morgan fingerprint density at radius 1 is 1.19 bits per heavy atom. The van der Waals surface area contributed by atoms with Crippen molar-refractivity contribution in [1.29, 1.82) is 0 Å². The van der Waals surface area contributed by atoms with Gasteiger partial charge in [-0.2, -0.15) is 18.3 Å². The molecule has 3 heterocycles. The lowest BCUT2D eigenvalue weighted by Crippen LogP contribution is -2.16. The first-order valence-electron chi connectivity index (χ1n) is 8.55. The summed E-state index contributed by atoms with van der Waals surface area (Å²) in [7, 11) is 0. The zero-order valence-electron chi connectivity index (χ0n) is 15.5. The van der Waals surface area contributed by atoms with Crippen molar-refractivity contribution in [2.24, 2.45) is 0 Å². The topological polar surface area (TPSA) is 72.4 Å². The Kier molecular flexibility index (Phi) is 5.88. The first-order chi connectivity index (χ1) is 14.7.